The third kappa shape index (κ3) is 4.31. The van der Waals surface area contributed by atoms with Crippen molar-refractivity contribution in [1.29, 1.82) is 0 Å². The molecule has 7 nitrogen and oxygen atoms in total. The van der Waals surface area contributed by atoms with Gasteiger partial charge in [-0.3, -0.25) is 4.79 Å². The van der Waals surface area contributed by atoms with Crippen LogP contribution in [0.1, 0.15) is 16.1 Å². The molecule has 2 N–H and O–H groups in total. The van der Waals surface area contributed by atoms with E-state index < -0.39 is 0 Å². The zero-order valence-corrected chi connectivity index (χ0v) is 17.3. The molecule has 150 valence electrons. The fourth-order valence-electron chi connectivity index (χ4n) is 3.36. The van der Waals surface area contributed by atoms with Crippen LogP contribution in [0.4, 0.5) is 17.2 Å². The molecular weight excluding hydrogens is 411 g/mol. The monoisotopic (exact) mass is 430 g/mol. The number of H-pyrrole nitrogens is 1. The molecule has 0 unspecified atom stereocenters. The SMILES string of the molecule is Cc1ccc(Cl)cc1N1CCN(C(=O)c2n[nH]nc2Nc2ccc(Cl)cc2)CC1. The Balaban J connectivity index is 1.43. The fourth-order valence-corrected chi connectivity index (χ4v) is 3.65. The molecular formula is C20H20Cl2N6O. The van der Waals surface area contributed by atoms with Gasteiger partial charge in [0.2, 0.25) is 0 Å². The van der Waals surface area contributed by atoms with E-state index in [9.17, 15) is 4.79 Å². The van der Waals surface area contributed by atoms with Gasteiger partial charge in [0.15, 0.2) is 11.5 Å². The number of nitrogens with one attached hydrogen (secondary N) is 2. The smallest absolute Gasteiger partial charge is 0.278 e. The number of piperazine rings is 1. The molecule has 1 aliphatic heterocycles. The highest BCUT2D eigenvalue weighted by molar-refractivity contribution is 6.31. The van der Waals surface area contributed by atoms with Gasteiger partial charge in [0.25, 0.3) is 5.91 Å². The number of nitrogens with zero attached hydrogens (tertiary/aromatic N) is 4. The van der Waals surface area contributed by atoms with Crippen LogP contribution < -0.4 is 10.2 Å². The summed E-state index contributed by atoms with van der Waals surface area (Å²) in [4.78, 5) is 17.0. The summed E-state index contributed by atoms with van der Waals surface area (Å²) in [5, 5.41) is 15.1. The van der Waals surface area contributed by atoms with E-state index in [1.807, 2.05) is 30.3 Å². The number of aromatic amines is 1. The van der Waals surface area contributed by atoms with Crippen molar-refractivity contribution in [1.82, 2.24) is 20.3 Å². The summed E-state index contributed by atoms with van der Waals surface area (Å²) in [5.74, 6) is 0.239. The van der Waals surface area contributed by atoms with Crippen LogP contribution in [0.15, 0.2) is 42.5 Å². The number of rotatable bonds is 4. The normalized spacial score (nSPS) is 14.2. The highest BCUT2D eigenvalue weighted by Crippen LogP contribution is 2.26. The first kappa shape index (κ1) is 19.5. The lowest BCUT2D eigenvalue weighted by atomic mass is 10.1. The molecule has 1 fully saturated rings. The molecule has 29 heavy (non-hydrogen) atoms. The molecule has 0 spiro atoms. The molecule has 1 aromatic heterocycles. The summed E-state index contributed by atoms with van der Waals surface area (Å²) < 4.78 is 0. The van der Waals surface area contributed by atoms with Crippen LogP contribution in [0.5, 0.6) is 0 Å². The Bertz CT molecular complexity index is 1010. The lowest BCUT2D eigenvalue weighted by molar-refractivity contribution is 0.0742. The molecule has 2 aromatic carbocycles. The molecule has 9 heteroatoms. The Morgan fingerprint density at radius 2 is 1.69 bits per heavy atom. The Morgan fingerprint density at radius 1 is 1.00 bits per heavy atom. The van der Waals surface area contributed by atoms with E-state index in [4.69, 9.17) is 23.2 Å². The minimum Gasteiger partial charge on any atom is -0.368 e. The Morgan fingerprint density at radius 3 is 2.41 bits per heavy atom. The van der Waals surface area contributed by atoms with Crippen LogP contribution in [0.2, 0.25) is 10.0 Å². The van der Waals surface area contributed by atoms with Crippen molar-refractivity contribution in [3.8, 4) is 0 Å². The number of aryl methyl sites for hydroxylation is 1. The fraction of sp³-hybridized carbons (Fsp3) is 0.250. The summed E-state index contributed by atoms with van der Waals surface area (Å²) >= 11 is 12.1. The van der Waals surface area contributed by atoms with Crippen molar-refractivity contribution in [3.05, 3.63) is 63.8 Å². The standard InChI is InChI=1S/C20H20Cl2N6O/c1-13-2-3-15(22)12-17(13)27-8-10-28(11-9-27)20(29)18-19(25-26-24-18)23-16-6-4-14(21)5-7-16/h2-7,12H,8-11H2,1H3,(H2,23,24,25,26). The maximum Gasteiger partial charge on any atom is 0.278 e. The molecule has 0 aliphatic carbocycles. The molecule has 1 saturated heterocycles. The second-order valence-corrected chi connectivity index (χ2v) is 7.74. The van der Waals surface area contributed by atoms with E-state index in [0.29, 0.717) is 29.0 Å². The van der Waals surface area contributed by atoms with Crippen molar-refractivity contribution < 1.29 is 4.79 Å². The first-order valence-corrected chi connectivity index (χ1v) is 10.0. The summed E-state index contributed by atoms with van der Waals surface area (Å²) in [5.41, 5.74) is 3.32. The van der Waals surface area contributed by atoms with Gasteiger partial charge in [-0.1, -0.05) is 29.3 Å². The van der Waals surface area contributed by atoms with Gasteiger partial charge in [0.05, 0.1) is 0 Å². The zero-order chi connectivity index (χ0) is 20.4. The van der Waals surface area contributed by atoms with E-state index >= 15 is 0 Å². The second kappa shape index (κ2) is 8.31. The Hall–Kier alpha value is -2.77. The van der Waals surface area contributed by atoms with Gasteiger partial charge < -0.3 is 15.1 Å². The van der Waals surface area contributed by atoms with Crippen LogP contribution in [0.3, 0.4) is 0 Å². The average Bonchev–Trinajstić information content (AvgIpc) is 3.19. The van der Waals surface area contributed by atoms with Crippen molar-refractivity contribution in [2.24, 2.45) is 0 Å². The summed E-state index contributed by atoms with van der Waals surface area (Å²) in [6.45, 7) is 4.71. The van der Waals surface area contributed by atoms with Gasteiger partial charge in [-0.2, -0.15) is 5.21 Å². The number of carbonyl (C=O) groups is 1. The van der Waals surface area contributed by atoms with Gasteiger partial charge in [-0.15, -0.1) is 10.2 Å². The molecule has 1 amide bonds. The van der Waals surface area contributed by atoms with Gasteiger partial charge in [-0.05, 0) is 48.9 Å². The summed E-state index contributed by atoms with van der Waals surface area (Å²) in [6, 6.07) is 13.0. The summed E-state index contributed by atoms with van der Waals surface area (Å²) in [7, 11) is 0. The maximum atomic E-state index is 13.0. The van der Waals surface area contributed by atoms with Gasteiger partial charge >= 0.3 is 0 Å². The largest absolute Gasteiger partial charge is 0.368 e. The number of anilines is 3. The zero-order valence-electron chi connectivity index (χ0n) is 15.8. The number of carbonyl (C=O) groups excluding carboxylic acids is 1. The van der Waals surface area contributed by atoms with E-state index in [1.165, 1.54) is 5.56 Å². The number of hydrogen-bond acceptors (Lipinski definition) is 5. The number of benzene rings is 2. The Labute approximate surface area is 178 Å². The lowest BCUT2D eigenvalue weighted by Gasteiger charge is -2.36. The Kier molecular flexibility index (Phi) is 5.60. The van der Waals surface area contributed by atoms with Crippen molar-refractivity contribution in [2.45, 2.75) is 6.92 Å². The summed E-state index contributed by atoms with van der Waals surface area (Å²) in [6.07, 6.45) is 0. The highest BCUT2D eigenvalue weighted by Gasteiger charge is 2.27. The first-order chi connectivity index (χ1) is 14.0. The minimum atomic E-state index is -0.155. The van der Waals surface area contributed by atoms with Crippen molar-refractivity contribution in [3.63, 3.8) is 0 Å². The topological polar surface area (TPSA) is 77.2 Å². The molecule has 1 aliphatic rings. The molecule has 0 radical (unpaired) electrons. The predicted molar refractivity (Wildman–Crippen MR) is 115 cm³/mol. The molecule has 0 atom stereocenters. The molecule has 0 saturated carbocycles. The third-order valence-corrected chi connectivity index (χ3v) is 5.42. The van der Waals surface area contributed by atoms with E-state index in [0.717, 1.165) is 24.5 Å². The van der Waals surface area contributed by atoms with Crippen LogP contribution in [-0.4, -0.2) is 52.4 Å². The first-order valence-electron chi connectivity index (χ1n) is 9.25. The number of halogens is 2. The minimum absolute atomic E-state index is 0.155. The predicted octanol–water partition coefficient (Wildman–Crippen LogP) is 4.13. The number of hydrogen-bond donors (Lipinski definition) is 2. The van der Waals surface area contributed by atoms with Crippen LogP contribution >= 0.6 is 23.2 Å². The lowest BCUT2D eigenvalue weighted by Crippen LogP contribution is -2.49. The van der Waals surface area contributed by atoms with E-state index in [-0.39, 0.29) is 11.6 Å². The molecule has 0 bridgehead atoms. The van der Waals surface area contributed by atoms with Gasteiger partial charge in [0, 0.05) is 47.6 Å². The highest BCUT2D eigenvalue weighted by atomic mass is 35.5. The molecule has 4 rings (SSSR count). The van der Waals surface area contributed by atoms with Crippen LogP contribution in [-0.2, 0) is 0 Å². The number of aromatic nitrogens is 3. The van der Waals surface area contributed by atoms with Crippen molar-refractivity contribution >= 4 is 46.3 Å². The third-order valence-electron chi connectivity index (χ3n) is 4.94. The van der Waals surface area contributed by atoms with Gasteiger partial charge in [0.1, 0.15) is 0 Å². The second-order valence-electron chi connectivity index (χ2n) is 6.86. The van der Waals surface area contributed by atoms with Gasteiger partial charge in [-0.25, -0.2) is 0 Å². The molecule has 2 heterocycles. The van der Waals surface area contributed by atoms with E-state index in [1.54, 1.807) is 17.0 Å². The number of amides is 1. The van der Waals surface area contributed by atoms with E-state index in [2.05, 4.69) is 32.6 Å². The quantitative estimate of drug-likeness (QED) is 0.650. The van der Waals surface area contributed by atoms with Crippen molar-refractivity contribution in [2.75, 3.05) is 36.4 Å². The molecule has 3 aromatic rings. The average molecular weight is 431 g/mol. The van der Waals surface area contributed by atoms with Crippen LogP contribution in [0.25, 0.3) is 0 Å². The van der Waals surface area contributed by atoms with Crippen LogP contribution in [0, 0.1) is 6.92 Å². The maximum absolute atomic E-state index is 13.0.